The molecule has 0 spiro atoms. The van der Waals surface area contributed by atoms with Crippen LogP contribution in [0.15, 0.2) is 29.2 Å². The van der Waals surface area contributed by atoms with Crippen LogP contribution >= 0.6 is 11.8 Å². The van der Waals surface area contributed by atoms with E-state index < -0.39 is 0 Å². The van der Waals surface area contributed by atoms with Gasteiger partial charge in [-0.3, -0.25) is 4.79 Å². The third-order valence-corrected chi connectivity index (χ3v) is 3.90. The van der Waals surface area contributed by atoms with Crippen LogP contribution in [0.3, 0.4) is 0 Å². The zero-order chi connectivity index (χ0) is 13.6. The number of nitrogens with two attached hydrogens (primary N) is 1. The number of rotatable bonds is 6. The summed E-state index contributed by atoms with van der Waals surface area (Å²) in [7, 11) is 0. The maximum atomic E-state index is 11.8. The average molecular weight is 266 g/mol. The lowest BCUT2D eigenvalue weighted by atomic mass is 10.0. The van der Waals surface area contributed by atoms with Crippen LogP contribution in [-0.2, 0) is 11.3 Å². The normalized spacial score (nSPS) is 11.3. The van der Waals surface area contributed by atoms with Crippen molar-refractivity contribution in [1.29, 1.82) is 0 Å². The lowest BCUT2D eigenvalue weighted by molar-refractivity contribution is -0.120. The Balaban J connectivity index is 2.42. The van der Waals surface area contributed by atoms with Crippen molar-refractivity contribution in [3.05, 3.63) is 29.8 Å². The van der Waals surface area contributed by atoms with E-state index >= 15 is 0 Å². The second-order valence-electron chi connectivity index (χ2n) is 4.92. The first kappa shape index (κ1) is 15.1. The van der Waals surface area contributed by atoms with Gasteiger partial charge in [-0.1, -0.05) is 19.1 Å². The lowest BCUT2D eigenvalue weighted by Gasteiger charge is -2.24. The summed E-state index contributed by atoms with van der Waals surface area (Å²) in [4.78, 5) is 12.9. The van der Waals surface area contributed by atoms with Crippen LogP contribution in [0, 0.1) is 0 Å². The Bertz CT molecular complexity index is 387. The van der Waals surface area contributed by atoms with Crippen LogP contribution in [-0.4, -0.2) is 17.2 Å². The molecule has 0 aliphatic heterocycles. The van der Waals surface area contributed by atoms with Crippen molar-refractivity contribution in [3.8, 4) is 0 Å². The van der Waals surface area contributed by atoms with Gasteiger partial charge in [0.25, 0.3) is 0 Å². The minimum Gasteiger partial charge on any atom is -0.351 e. The van der Waals surface area contributed by atoms with E-state index in [9.17, 15) is 4.79 Å². The van der Waals surface area contributed by atoms with Crippen molar-refractivity contribution in [2.24, 2.45) is 5.73 Å². The third kappa shape index (κ3) is 5.10. The fourth-order valence-electron chi connectivity index (χ4n) is 1.37. The smallest absolute Gasteiger partial charge is 0.230 e. The first-order valence-corrected chi connectivity index (χ1v) is 7.18. The van der Waals surface area contributed by atoms with E-state index in [1.165, 1.54) is 0 Å². The summed E-state index contributed by atoms with van der Waals surface area (Å²) in [6, 6.07) is 8.00. The molecule has 0 saturated carbocycles. The van der Waals surface area contributed by atoms with Crippen molar-refractivity contribution in [3.63, 3.8) is 0 Å². The fraction of sp³-hybridized carbons (Fsp3) is 0.500. The van der Waals surface area contributed by atoms with E-state index in [4.69, 9.17) is 5.73 Å². The van der Waals surface area contributed by atoms with Gasteiger partial charge in [0, 0.05) is 17.0 Å². The van der Waals surface area contributed by atoms with E-state index in [-0.39, 0.29) is 11.4 Å². The second-order valence-corrected chi connectivity index (χ2v) is 5.97. The van der Waals surface area contributed by atoms with E-state index in [2.05, 4.69) is 12.2 Å². The third-order valence-electron chi connectivity index (χ3n) is 2.89. The first-order valence-electron chi connectivity index (χ1n) is 6.19. The number of benzene rings is 1. The van der Waals surface area contributed by atoms with Crippen LogP contribution < -0.4 is 11.1 Å². The topological polar surface area (TPSA) is 55.1 Å². The highest BCUT2D eigenvalue weighted by Crippen LogP contribution is 2.18. The molecule has 1 aromatic carbocycles. The SMILES string of the molecule is CCC(C)(C)NC(=O)CSc1ccc(CN)cc1. The molecule has 0 aliphatic rings. The van der Waals surface area contributed by atoms with Gasteiger partial charge in [0.05, 0.1) is 5.75 Å². The van der Waals surface area contributed by atoms with Crippen LogP contribution in [0.2, 0.25) is 0 Å². The Hall–Kier alpha value is -1.00. The fourth-order valence-corrected chi connectivity index (χ4v) is 2.07. The minimum absolute atomic E-state index is 0.0785. The highest BCUT2D eigenvalue weighted by atomic mass is 32.2. The molecule has 3 N–H and O–H groups in total. The number of hydrogen-bond donors (Lipinski definition) is 2. The average Bonchev–Trinajstić information content (AvgIpc) is 2.36. The zero-order valence-electron chi connectivity index (χ0n) is 11.3. The zero-order valence-corrected chi connectivity index (χ0v) is 12.1. The Labute approximate surface area is 114 Å². The molecule has 1 rings (SSSR count). The first-order chi connectivity index (χ1) is 8.46. The Kier molecular flexibility index (Phi) is 5.69. The molecule has 0 unspecified atom stereocenters. The molecule has 0 atom stereocenters. The largest absolute Gasteiger partial charge is 0.351 e. The summed E-state index contributed by atoms with van der Waals surface area (Å²) >= 11 is 1.55. The molecule has 1 amide bonds. The number of amides is 1. The van der Waals surface area contributed by atoms with Gasteiger partial charge < -0.3 is 11.1 Å². The number of hydrogen-bond acceptors (Lipinski definition) is 3. The van der Waals surface area contributed by atoms with Crippen molar-refractivity contribution in [2.45, 2.75) is 44.2 Å². The molecule has 100 valence electrons. The molecule has 0 bridgehead atoms. The highest BCUT2D eigenvalue weighted by molar-refractivity contribution is 8.00. The van der Waals surface area contributed by atoms with Crippen molar-refractivity contribution >= 4 is 17.7 Å². The van der Waals surface area contributed by atoms with E-state index in [0.717, 1.165) is 16.9 Å². The van der Waals surface area contributed by atoms with Gasteiger partial charge in [0.2, 0.25) is 5.91 Å². The van der Waals surface area contributed by atoms with Crippen LogP contribution in [0.25, 0.3) is 0 Å². The summed E-state index contributed by atoms with van der Waals surface area (Å²) < 4.78 is 0. The molecular formula is C14H22N2OS. The summed E-state index contributed by atoms with van der Waals surface area (Å²) in [5.41, 5.74) is 6.52. The maximum absolute atomic E-state index is 11.8. The minimum atomic E-state index is -0.124. The van der Waals surface area contributed by atoms with Gasteiger partial charge in [-0.25, -0.2) is 0 Å². The van der Waals surface area contributed by atoms with Crippen molar-refractivity contribution in [1.82, 2.24) is 5.32 Å². The molecule has 1 aromatic rings. The monoisotopic (exact) mass is 266 g/mol. The number of carbonyl (C=O) groups excluding carboxylic acids is 1. The standard InChI is InChI=1S/C14H22N2OS/c1-4-14(2,3)16-13(17)10-18-12-7-5-11(9-15)6-8-12/h5-8H,4,9-10,15H2,1-3H3,(H,16,17). The molecular weight excluding hydrogens is 244 g/mol. The van der Waals surface area contributed by atoms with Gasteiger partial charge in [0.1, 0.15) is 0 Å². The van der Waals surface area contributed by atoms with E-state index in [0.29, 0.717) is 12.3 Å². The highest BCUT2D eigenvalue weighted by Gasteiger charge is 2.17. The van der Waals surface area contributed by atoms with Gasteiger partial charge in [-0.15, -0.1) is 11.8 Å². The van der Waals surface area contributed by atoms with Crippen molar-refractivity contribution < 1.29 is 4.79 Å². The summed E-state index contributed by atoms with van der Waals surface area (Å²) in [6.07, 6.45) is 0.925. The molecule has 0 saturated heterocycles. The lowest BCUT2D eigenvalue weighted by Crippen LogP contribution is -2.43. The van der Waals surface area contributed by atoms with Gasteiger partial charge in [-0.05, 0) is 38.0 Å². The molecule has 0 fully saturated rings. The van der Waals surface area contributed by atoms with Crippen LogP contribution in [0.4, 0.5) is 0 Å². The Morgan fingerprint density at radius 2 is 1.94 bits per heavy atom. The Morgan fingerprint density at radius 1 is 1.33 bits per heavy atom. The number of carbonyl (C=O) groups is 1. The van der Waals surface area contributed by atoms with Crippen molar-refractivity contribution in [2.75, 3.05) is 5.75 Å². The summed E-state index contributed by atoms with van der Waals surface area (Å²) in [6.45, 7) is 6.69. The molecule has 18 heavy (non-hydrogen) atoms. The molecule has 3 nitrogen and oxygen atoms in total. The van der Waals surface area contributed by atoms with Crippen LogP contribution in [0.1, 0.15) is 32.8 Å². The summed E-state index contributed by atoms with van der Waals surface area (Å²) in [5.74, 6) is 0.528. The van der Waals surface area contributed by atoms with Crippen LogP contribution in [0.5, 0.6) is 0 Å². The van der Waals surface area contributed by atoms with E-state index in [1.54, 1.807) is 11.8 Å². The molecule has 4 heteroatoms. The predicted octanol–water partition coefficient (Wildman–Crippen LogP) is 2.54. The van der Waals surface area contributed by atoms with Gasteiger partial charge in [0.15, 0.2) is 0 Å². The number of nitrogens with one attached hydrogen (secondary N) is 1. The maximum Gasteiger partial charge on any atom is 0.230 e. The molecule has 0 heterocycles. The second kappa shape index (κ2) is 6.81. The summed E-state index contributed by atoms with van der Waals surface area (Å²) in [5, 5.41) is 3.02. The molecule has 0 aromatic heterocycles. The van der Waals surface area contributed by atoms with Gasteiger partial charge >= 0.3 is 0 Å². The molecule has 0 aliphatic carbocycles. The Morgan fingerprint density at radius 3 is 2.44 bits per heavy atom. The quantitative estimate of drug-likeness (QED) is 0.778. The molecule has 0 radical (unpaired) electrons. The number of thioether (sulfide) groups is 1. The predicted molar refractivity (Wildman–Crippen MR) is 77.6 cm³/mol. The van der Waals surface area contributed by atoms with E-state index in [1.807, 2.05) is 38.1 Å². The van der Waals surface area contributed by atoms with Gasteiger partial charge in [-0.2, -0.15) is 0 Å².